The van der Waals surface area contributed by atoms with E-state index in [0.29, 0.717) is 6.54 Å². The average Bonchev–Trinajstić information content (AvgIpc) is 2.05. The molecule has 1 N–H and O–H groups in total. The number of hydrogen-bond donors (Lipinski definition) is 1. The van der Waals surface area contributed by atoms with Gasteiger partial charge in [0.15, 0.2) is 0 Å². The van der Waals surface area contributed by atoms with Crippen LogP contribution in [0.4, 0.5) is 0 Å². The summed E-state index contributed by atoms with van der Waals surface area (Å²) in [6.07, 6.45) is 5.02. The molecular weight excluding hydrogens is 144 g/mol. The predicted octanol–water partition coefficient (Wildman–Crippen LogP) is 0.317. The van der Waals surface area contributed by atoms with Gasteiger partial charge < -0.3 is 10.0 Å². The molecule has 1 unspecified atom stereocenters. The quantitative estimate of drug-likeness (QED) is 0.623. The Hall–Kier alpha value is -1.32. The molecular formula is C7H10N2O2. The molecule has 0 aromatic rings. The molecule has 4 nitrogen and oxygen atoms in total. The lowest BCUT2D eigenvalue weighted by Gasteiger charge is -2.23. The van der Waals surface area contributed by atoms with Crippen LogP contribution in [0.1, 0.15) is 6.92 Å². The predicted molar refractivity (Wildman–Crippen MR) is 41.4 cm³/mol. The van der Waals surface area contributed by atoms with Crippen molar-refractivity contribution in [1.82, 2.24) is 4.90 Å². The van der Waals surface area contributed by atoms with Crippen LogP contribution in [-0.4, -0.2) is 34.9 Å². The van der Waals surface area contributed by atoms with Crippen molar-refractivity contribution in [1.29, 1.82) is 0 Å². The number of aliphatic carboxylic acids is 1. The number of carboxylic acid groups (broad SMARTS) is 1. The molecule has 4 heteroatoms. The molecule has 1 atom stereocenters. The summed E-state index contributed by atoms with van der Waals surface area (Å²) in [5, 5.41) is 8.61. The zero-order valence-electron chi connectivity index (χ0n) is 6.27. The van der Waals surface area contributed by atoms with Crippen molar-refractivity contribution in [3.63, 3.8) is 0 Å². The Morgan fingerprint density at radius 3 is 3.00 bits per heavy atom. The van der Waals surface area contributed by atoms with E-state index >= 15 is 0 Å². The summed E-state index contributed by atoms with van der Waals surface area (Å²) in [7, 11) is 0. The number of carbonyl (C=O) groups is 1. The van der Waals surface area contributed by atoms with Crippen LogP contribution in [0.25, 0.3) is 0 Å². The zero-order valence-corrected chi connectivity index (χ0v) is 6.27. The molecule has 0 spiro atoms. The highest BCUT2D eigenvalue weighted by atomic mass is 16.4. The van der Waals surface area contributed by atoms with Crippen LogP contribution < -0.4 is 0 Å². The fourth-order valence-electron chi connectivity index (χ4n) is 0.801. The van der Waals surface area contributed by atoms with Gasteiger partial charge in [0.25, 0.3) is 0 Å². The maximum atomic E-state index is 10.5. The lowest BCUT2D eigenvalue weighted by atomic mass is 10.3. The highest BCUT2D eigenvalue weighted by Gasteiger charge is 2.17. The summed E-state index contributed by atoms with van der Waals surface area (Å²) in [5.41, 5.74) is 0. The molecule has 0 aromatic carbocycles. The largest absolute Gasteiger partial charge is 0.480 e. The molecule has 0 fully saturated rings. The van der Waals surface area contributed by atoms with Gasteiger partial charge in [-0.25, -0.2) is 9.79 Å². The number of aliphatic imine (C=N–C) groups is 1. The lowest BCUT2D eigenvalue weighted by molar-refractivity contribution is -0.140. The first kappa shape index (κ1) is 7.78. The number of hydrogen-bond acceptors (Lipinski definition) is 3. The minimum Gasteiger partial charge on any atom is -0.480 e. The van der Waals surface area contributed by atoms with E-state index in [-0.39, 0.29) is 0 Å². The summed E-state index contributed by atoms with van der Waals surface area (Å²) < 4.78 is 0. The van der Waals surface area contributed by atoms with Crippen LogP contribution in [0.2, 0.25) is 0 Å². The van der Waals surface area contributed by atoms with E-state index in [4.69, 9.17) is 5.11 Å². The first-order valence-corrected chi connectivity index (χ1v) is 3.38. The summed E-state index contributed by atoms with van der Waals surface area (Å²) in [4.78, 5) is 15.9. The third-order valence-corrected chi connectivity index (χ3v) is 1.58. The zero-order chi connectivity index (χ0) is 8.27. The van der Waals surface area contributed by atoms with Crippen molar-refractivity contribution < 1.29 is 9.90 Å². The molecule has 1 heterocycles. The lowest BCUT2D eigenvalue weighted by Crippen LogP contribution is -2.38. The molecule has 0 saturated heterocycles. The van der Waals surface area contributed by atoms with Gasteiger partial charge in [0.1, 0.15) is 6.04 Å². The molecule has 60 valence electrons. The number of nitrogens with zero attached hydrogens (tertiary/aromatic N) is 2. The van der Waals surface area contributed by atoms with Crippen LogP contribution in [0.3, 0.4) is 0 Å². The molecule has 0 amide bonds. The number of carboxylic acids is 1. The van der Waals surface area contributed by atoms with Crippen molar-refractivity contribution in [3.05, 3.63) is 12.3 Å². The van der Waals surface area contributed by atoms with Gasteiger partial charge in [0.05, 0.1) is 6.34 Å². The van der Waals surface area contributed by atoms with Gasteiger partial charge in [-0.1, -0.05) is 0 Å². The van der Waals surface area contributed by atoms with Crippen LogP contribution in [-0.2, 0) is 4.79 Å². The minimum atomic E-state index is -0.827. The Balaban J connectivity index is 2.55. The van der Waals surface area contributed by atoms with E-state index in [0.717, 1.165) is 0 Å². The van der Waals surface area contributed by atoms with Crippen molar-refractivity contribution in [3.8, 4) is 0 Å². The van der Waals surface area contributed by atoms with E-state index in [9.17, 15) is 4.79 Å². The molecule has 11 heavy (non-hydrogen) atoms. The van der Waals surface area contributed by atoms with E-state index < -0.39 is 12.0 Å². The van der Waals surface area contributed by atoms with Crippen LogP contribution in [0.5, 0.6) is 0 Å². The first-order chi connectivity index (χ1) is 5.22. The molecule has 1 aliphatic heterocycles. The SMILES string of the molecule is CC(C(=O)O)N1C=NC=CC1. The molecule has 1 aliphatic rings. The smallest absolute Gasteiger partial charge is 0.326 e. The van der Waals surface area contributed by atoms with E-state index in [1.807, 2.05) is 6.08 Å². The molecule has 0 saturated carbocycles. The van der Waals surface area contributed by atoms with Gasteiger partial charge in [0, 0.05) is 12.7 Å². The van der Waals surface area contributed by atoms with Crippen LogP contribution in [0, 0.1) is 0 Å². The van der Waals surface area contributed by atoms with E-state index in [1.165, 1.54) is 0 Å². The maximum absolute atomic E-state index is 10.5. The molecule has 0 aliphatic carbocycles. The fraction of sp³-hybridized carbons (Fsp3) is 0.429. The normalized spacial score (nSPS) is 18.5. The third-order valence-electron chi connectivity index (χ3n) is 1.58. The second-order valence-corrected chi connectivity index (χ2v) is 2.36. The van der Waals surface area contributed by atoms with Crippen LogP contribution in [0.15, 0.2) is 17.3 Å². The Morgan fingerprint density at radius 2 is 2.55 bits per heavy atom. The highest BCUT2D eigenvalue weighted by molar-refractivity contribution is 5.76. The monoisotopic (exact) mass is 154 g/mol. The van der Waals surface area contributed by atoms with Crippen molar-refractivity contribution in [2.24, 2.45) is 4.99 Å². The Kier molecular flexibility index (Phi) is 2.25. The molecule has 1 rings (SSSR count). The van der Waals surface area contributed by atoms with Gasteiger partial charge in [-0.05, 0) is 13.0 Å². The Morgan fingerprint density at radius 1 is 1.82 bits per heavy atom. The highest BCUT2D eigenvalue weighted by Crippen LogP contribution is 1.99. The van der Waals surface area contributed by atoms with Crippen molar-refractivity contribution in [2.45, 2.75) is 13.0 Å². The Labute approximate surface area is 64.8 Å². The van der Waals surface area contributed by atoms with Gasteiger partial charge in [-0.15, -0.1) is 0 Å². The standard InChI is InChI=1S/C7H10N2O2/c1-6(7(10)11)9-4-2-3-8-5-9/h2-3,5-6H,4H2,1H3,(H,10,11). The maximum Gasteiger partial charge on any atom is 0.326 e. The van der Waals surface area contributed by atoms with E-state index in [2.05, 4.69) is 4.99 Å². The summed E-state index contributed by atoms with van der Waals surface area (Å²) in [5.74, 6) is -0.827. The second-order valence-electron chi connectivity index (χ2n) is 2.36. The van der Waals surface area contributed by atoms with Crippen LogP contribution >= 0.6 is 0 Å². The van der Waals surface area contributed by atoms with Crippen molar-refractivity contribution in [2.75, 3.05) is 6.54 Å². The van der Waals surface area contributed by atoms with E-state index in [1.54, 1.807) is 24.4 Å². The second kappa shape index (κ2) is 3.18. The van der Waals surface area contributed by atoms with Gasteiger partial charge in [0.2, 0.25) is 0 Å². The Bertz CT molecular complexity index is 210. The average molecular weight is 154 g/mol. The van der Waals surface area contributed by atoms with Gasteiger partial charge in [-0.3, -0.25) is 0 Å². The third kappa shape index (κ3) is 1.80. The van der Waals surface area contributed by atoms with Gasteiger partial charge >= 0.3 is 5.97 Å². The van der Waals surface area contributed by atoms with Gasteiger partial charge in [-0.2, -0.15) is 0 Å². The van der Waals surface area contributed by atoms with Crippen molar-refractivity contribution >= 4 is 12.3 Å². The first-order valence-electron chi connectivity index (χ1n) is 3.38. The summed E-state index contributed by atoms with van der Waals surface area (Å²) in [6, 6.07) is -0.497. The molecule has 0 aromatic heterocycles. The molecule has 0 radical (unpaired) electrons. The minimum absolute atomic E-state index is 0.497. The topological polar surface area (TPSA) is 52.9 Å². The molecule has 0 bridgehead atoms. The summed E-state index contributed by atoms with van der Waals surface area (Å²) >= 11 is 0. The fourth-order valence-corrected chi connectivity index (χ4v) is 0.801. The summed E-state index contributed by atoms with van der Waals surface area (Å²) in [6.45, 7) is 2.25. The number of rotatable bonds is 2.